The van der Waals surface area contributed by atoms with E-state index in [1.807, 2.05) is 0 Å². The predicted molar refractivity (Wildman–Crippen MR) is 45.1 cm³/mol. The summed E-state index contributed by atoms with van der Waals surface area (Å²) in [7, 11) is 0. The van der Waals surface area contributed by atoms with E-state index in [0.29, 0.717) is 13.0 Å². The first-order chi connectivity index (χ1) is 5.88. The lowest BCUT2D eigenvalue weighted by Gasteiger charge is -2.19. The van der Waals surface area contributed by atoms with Crippen molar-refractivity contribution in [1.82, 2.24) is 14.1 Å². The fourth-order valence-electron chi connectivity index (χ4n) is 1.34. The quantitative estimate of drug-likeness (QED) is 0.675. The average Bonchev–Trinajstić information content (AvgIpc) is 2.57. The van der Waals surface area contributed by atoms with Crippen LogP contribution in [0.15, 0.2) is 6.20 Å². The van der Waals surface area contributed by atoms with Crippen molar-refractivity contribution in [1.29, 1.82) is 0 Å². The summed E-state index contributed by atoms with van der Waals surface area (Å²) in [6.45, 7) is 1.51. The van der Waals surface area contributed by atoms with E-state index in [4.69, 9.17) is 0 Å². The van der Waals surface area contributed by atoms with Crippen molar-refractivity contribution >= 4 is 17.5 Å². The van der Waals surface area contributed by atoms with Crippen molar-refractivity contribution < 1.29 is 4.79 Å². The Balaban J connectivity index is 2.17. The first-order valence-corrected chi connectivity index (χ1v) is 4.62. The number of Topliss-reactive ketones (excluding diaryl/α,β-unsaturated/α-hetero) is 1. The Labute approximate surface area is 74.3 Å². The molecule has 1 unspecified atom stereocenters. The molecular weight excluding hydrogens is 174 g/mol. The van der Waals surface area contributed by atoms with Crippen molar-refractivity contribution in [2.24, 2.45) is 0 Å². The fourth-order valence-corrected chi connectivity index (χ4v) is 1.81. The number of carbonyl (C=O) groups is 1. The van der Waals surface area contributed by atoms with Gasteiger partial charge >= 0.3 is 0 Å². The van der Waals surface area contributed by atoms with E-state index in [2.05, 4.69) is 14.1 Å². The zero-order valence-corrected chi connectivity index (χ0v) is 7.30. The molecule has 0 bridgehead atoms. The number of rotatable bonds is 1. The molecule has 12 heavy (non-hydrogen) atoms. The van der Waals surface area contributed by atoms with Gasteiger partial charge in [-0.15, -0.1) is 0 Å². The van der Waals surface area contributed by atoms with Crippen LogP contribution in [0.25, 0.3) is 0 Å². The van der Waals surface area contributed by atoms with Crippen molar-refractivity contribution in [3.63, 3.8) is 0 Å². The highest BCUT2D eigenvalue weighted by atomic mass is 32.1. The topological polar surface area (TPSA) is 54.9 Å². The van der Waals surface area contributed by atoms with Gasteiger partial charge in [0.15, 0.2) is 0 Å². The zero-order valence-electron chi connectivity index (χ0n) is 6.49. The fraction of sp³-hybridized carbons (Fsp3) is 0.571. The number of nitrogens with one attached hydrogen (secondary N) is 1. The SMILES string of the molecule is O=C1CCNCC1c1cnsn1. The van der Waals surface area contributed by atoms with Gasteiger partial charge in [-0.3, -0.25) is 4.79 Å². The number of hydrogen-bond donors (Lipinski definition) is 1. The predicted octanol–water partition coefficient (Wildman–Crippen LogP) is 0.184. The van der Waals surface area contributed by atoms with Gasteiger partial charge in [0, 0.05) is 19.5 Å². The normalized spacial score (nSPS) is 24.3. The molecule has 5 heteroatoms. The van der Waals surface area contributed by atoms with Crippen molar-refractivity contribution in [3.05, 3.63) is 11.9 Å². The number of aromatic nitrogens is 2. The molecule has 2 rings (SSSR count). The van der Waals surface area contributed by atoms with Crippen molar-refractivity contribution in [2.75, 3.05) is 13.1 Å². The van der Waals surface area contributed by atoms with Crippen molar-refractivity contribution in [2.45, 2.75) is 12.3 Å². The van der Waals surface area contributed by atoms with Gasteiger partial charge < -0.3 is 5.32 Å². The zero-order chi connectivity index (χ0) is 8.39. The van der Waals surface area contributed by atoms with Gasteiger partial charge in [-0.2, -0.15) is 8.75 Å². The molecule has 4 nitrogen and oxygen atoms in total. The van der Waals surface area contributed by atoms with E-state index in [-0.39, 0.29) is 11.7 Å². The van der Waals surface area contributed by atoms with Gasteiger partial charge in [0.2, 0.25) is 0 Å². The molecule has 0 saturated carbocycles. The van der Waals surface area contributed by atoms with Crippen LogP contribution >= 0.6 is 11.7 Å². The minimum Gasteiger partial charge on any atom is -0.315 e. The standard InChI is InChI=1S/C7H9N3OS/c11-7-1-2-8-3-5(7)6-4-9-12-10-6/h4-5,8H,1-3H2. The van der Waals surface area contributed by atoms with E-state index in [0.717, 1.165) is 24.0 Å². The number of nitrogens with zero attached hydrogens (tertiary/aromatic N) is 2. The highest BCUT2D eigenvalue weighted by Crippen LogP contribution is 2.17. The van der Waals surface area contributed by atoms with Crippen molar-refractivity contribution in [3.8, 4) is 0 Å². The molecule has 1 fully saturated rings. The molecule has 0 amide bonds. The average molecular weight is 183 g/mol. The highest BCUT2D eigenvalue weighted by Gasteiger charge is 2.25. The third-order valence-corrected chi connectivity index (χ3v) is 2.51. The first kappa shape index (κ1) is 7.82. The van der Waals surface area contributed by atoms with Gasteiger partial charge in [-0.05, 0) is 0 Å². The lowest BCUT2D eigenvalue weighted by Crippen LogP contribution is -2.35. The molecule has 0 aromatic carbocycles. The van der Waals surface area contributed by atoms with E-state index in [9.17, 15) is 4.79 Å². The van der Waals surface area contributed by atoms with Crippen LogP contribution in [0.5, 0.6) is 0 Å². The lowest BCUT2D eigenvalue weighted by atomic mass is 9.95. The van der Waals surface area contributed by atoms with Crippen LogP contribution < -0.4 is 5.32 Å². The number of piperidine rings is 1. The molecule has 0 aliphatic carbocycles. The van der Waals surface area contributed by atoms with Gasteiger partial charge in [0.25, 0.3) is 0 Å². The van der Waals surface area contributed by atoms with Crippen LogP contribution in [0, 0.1) is 0 Å². The Morgan fingerprint density at radius 3 is 3.25 bits per heavy atom. The Hall–Kier alpha value is -0.810. The summed E-state index contributed by atoms with van der Waals surface area (Å²) >= 11 is 1.16. The molecule has 1 N–H and O–H groups in total. The second kappa shape index (κ2) is 3.28. The molecular formula is C7H9N3OS. The summed E-state index contributed by atoms with van der Waals surface area (Å²) in [5.74, 6) is 0.221. The number of hydrogen-bond acceptors (Lipinski definition) is 5. The van der Waals surface area contributed by atoms with Crippen LogP contribution in [0.1, 0.15) is 18.0 Å². The Bertz CT molecular complexity index is 272. The van der Waals surface area contributed by atoms with Crippen LogP contribution in [0.2, 0.25) is 0 Å². The van der Waals surface area contributed by atoms with Gasteiger partial charge in [0.05, 0.1) is 29.5 Å². The maximum atomic E-state index is 11.4. The maximum absolute atomic E-state index is 11.4. The summed E-state index contributed by atoms with van der Waals surface area (Å²) in [6, 6.07) is 0. The van der Waals surface area contributed by atoms with E-state index in [1.165, 1.54) is 0 Å². The third kappa shape index (κ3) is 1.37. The van der Waals surface area contributed by atoms with Crippen LogP contribution in [0.3, 0.4) is 0 Å². The van der Waals surface area contributed by atoms with E-state index < -0.39 is 0 Å². The monoisotopic (exact) mass is 183 g/mol. The van der Waals surface area contributed by atoms with E-state index >= 15 is 0 Å². The molecule has 0 radical (unpaired) electrons. The molecule has 0 spiro atoms. The van der Waals surface area contributed by atoms with Gasteiger partial charge in [0.1, 0.15) is 5.78 Å². The second-order valence-corrected chi connectivity index (χ2v) is 3.36. The molecule has 1 aliphatic rings. The van der Waals surface area contributed by atoms with Crippen LogP contribution in [-0.2, 0) is 4.79 Å². The lowest BCUT2D eigenvalue weighted by molar-refractivity contribution is -0.121. The van der Waals surface area contributed by atoms with Gasteiger partial charge in [-0.25, -0.2) is 0 Å². The Morgan fingerprint density at radius 1 is 1.67 bits per heavy atom. The minimum atomic E-state index is -0.0579. The van der Waals surface area contributed by atoms with Crippen LogP contribution in [0.4, 0.5) is 0 Å². The smallest absolute Gasteiger partial charge is 0.144 e. The molecule has 1 atom stereocenters. The Morgan fingerprint density at radius 2 is 2.58 bits per heavy atom. The highest BCUT2D eigenvalue weighted by molar-refractivity contribution is 6.99. The molecule has 1 saturated heterocycles. The first-order valence-electron chi connectivity index (χ1n) is 3.89. The third-order valence-electron chi connectivity index (χ3n) is 2.02. The molecule has 64 valence electrons. The maximum Gasteiger partial charge on any atom is 0.144 e. The summed E-state index contributed by atoms with van der Waals surface area (Å²) in [5, 5.41) is 3.17. The number of carbonyl (C=O) groups excluding carboxylic acids is 1. The molecule has 1 aromatic rings. The minimum absolute atomic E-state index is 0.0579. The van der Waals surface area contributed by atoms with E-state index in [1.54, 1.807) is 6.20 Å². The summed E-state index contributed by atoms with van der Waals surface area (Å²) in [5.41, 5.74) is 0.817. The largest absolute Gasteiger partial charge is 0.315 e. The summed E-state index contributed by atoms with van der Waals surface area (Å²) in [6.07, 6.45) is 2.29. The second-order valence-electron chi connectivity index (χ2n) is 2.81. The Kier molecular flexibility index (Phi) is 2.14. The molecule has 2 heterocycles. The summed E-state index contributed by atoms with van der Waals surface area (Å²) in [4.78, 5) is 11.4. The molecule has 1 aromatic heterocycles. The number of ketones is 1. The summed E-state index contributed by atoms with van der Waals surface area (Å²) < 4.78 is 7.94. The van der Waals surface area contributed by atoms with Gasteiger partial charge in [-0.1, -0.05) is 0 Å². The van der Waals surface area contributed by atoms with Crippen LogP contribution in [-0.4, -0.2) is 27.6 Å². The molecule has 1 aliphatic heterocycles.